The molecule has 10 nitrogen and oxygen atoms in total. The zero-order valence-corrected chi connectivity index (χ0v) is 25.7. The Morgan fingerprint density at radius 1 is 1.00 bits per heavy atom. The van der Waals surface area contributed by atoms with Crippen molar-refractivity contribution in [1.82, 2.24) is 20.4 Å². The van der Waals surface area contributed by atoms with Crippen molar-refractivity contribution < 1.29 is 23.6 Å². The van der Waals surface area contributed by atoms with Gasteiger partial charge in [0.2, 0.25) is 17.6 Å². The molecule has 1 aliphatic rings. The van der Waals surface area contributed by atoms with Crippen LogP contribution in [0.4, 0.5) is 5.69 Å². The molecule has 0 bridgehead atoms. The van der Waals surface area contributed by atoms with Gasteiger partial charge in [0.05, 0.1) is 32.0 Å². The van der Waals surface area contributed by atoms with Gasteiger partial charge in [-0.15, -0.1) is 0 Å². The number of carbonyl (C=O) groups is 2. The molecule has 0 saturated carbocycles. The van der Waals surface area contributed by atoms with Crippen molar-refractivity contribution >= 4 is 33.4 Å². The second-order valence-electron chi connectivity index (χ2n) is 10.3. The average Bonchev–Trinajstić information content (AvgIpc) is 3.50. The lowest BCUT2D eigenvalue weighted by molar-refractivity contribution is -0.121. The molecule has 4 aromatic rings. The third-order valence-corrected chi connectivity index (χ3v) is 7.94. The summed E-state index contributed by atoms with van der Waals surface area (Å²) in [5, 5.41) is 10.1. The molecule has 0 aliphatic carbocycles. The standard InChI is InChI=1S/C32H34BrN5O5/c1-41-27-11-10-21(18-28(27)42-2)12-15-34-32(40)25-8-3-4-9-26(25)35-31(39)22-13-16-38(17-14-22)20-29-36-30(37-43-29)23-6-5-7-24(33)19-23/h3-11,18-19,22H,12-17,20H2,1-2H3,(H,34,40)(H,35,39). The van der Waals surface area contributed by atoms with Crippen LogP contribution in [0.25, 0.3) is 11.4 Å². The number of aromatic nitrogens is 2. The summed E-state index contributed by atoms with van der Waals surface area (Å²) in [5.74, 6) is 1.91. The summed E-state index contributed by atoms with van der Waals surface area (Å²) in [6, 6.07) is 20.5. The molecule has 1 saturated heterocycles. The number of hydrogen-bond donors (Lipinski definition) is 2. The molecule has 0 atom stereocenters. The maximum absolute atomic E-state index is 13.2. The van der Waals surface area contributed by atoms with Crippen LogP contribution in [0.2, 0.25) is 0 Å². The van der Waals surface area contributed by atoms with Gasteiger partial charge >= 0.3 is 0 Å². The second-order valence-corrected chi connectivity index (χ2v) is 11.2. The van der Waals surface area contributed by atoms with E-state index in [0.29, 0.717) is 66.8 Å². The first-order valence-electron chi connectivity index (χ1n) is 14.1. The van der Waals surface area contributed by atoms with Crippen LogP contribution in [0.5, 0.6) is 11.5 Å². The first-order valence-corrected chi connectivity index (χ1v) is 14.9. The minimum atomic E-state index is -0.243. The Bertz CT molecular complexity index is 1570. The molecule has 2 N–H and O–H groups in total. The van der Waals surface area contributed by atoms with Crippen LogP contribution in [0.1, 0.15) is 34.7 Å². The Balaban J connectivity index is 1.10. The van der Waals surface area contributed by atoms with Crippen LogP contribution in [0.15, 0.2) is 75.7 Å². The van der Waals surface area contributed by atoms with E-state index in [1.807, 2.05) is 48.5 Å². The summed E-state index contributed by atoms with van der Waals surface area (Å²) in [7, 11) is 3.19. The fourth-order valence-electron chi connectivity index (χ4n) is 5.09. The number of ether oxygens (including phenoxy) is 2. The lowest BCUT2D eigenvalue weighted by Crippen LogP contribution is -2.38. The van der Waals surface area contributed by atoms with E-state index >= 15 is 0 Å². The van der Waals surface area contributed by atoms with Crippen LogP contribution < -0.4 is 20.1 Å². The number of halogens is 1. The maximum Gasteiger partial charge on any atom is 0.253 e. The lowest BCUT2D eigenvalue weighted by atomic mass is 9.95. The second kappa shape index (κ2) is 14.3. The van der Waals surface area contributed by atoms with E-state index < -0.39 is 0 Å². The number of likely N-dealkylation sites (tertiary alicyclic amines) is 1. The molecule has 1 fully saturated rings. The van der Waals surface area contributed by atoms with Crippen molar-refractivity contribution in [2.24, 2.45) is 5.92 Å². The molecule has 0 spiro atoms. The number of benzene rings is 3. The van der Waals surface area contributed by atoms with E-state index in [9.17, 15) is 9.59 Å². The highest BCUT2D eigenvalue weighted by Crippen LogP contribution is 2.28. The number of hydrogen-bond acceptors (Lipinski definition) is 8. The van der Waals surface area contributed by atoms with Crippen LogP contribution in [-0.2, 0) is 17.8 Å². The number of rotatable bonds is 11. The Hall–Kier alpha value is -4.22. The molecule has 3 aromatic carbocycles. The summed E-state index contributed by atoms with van der Waals surface area (Å²) in [4.78, 5) is 33.0. The van der Waals surface area contributed by atoms with E-state index in [-0.39, 0.29) is 17.7 Å². The Morgan fingerprint density at radius 2 is 1.79 bits per heavy atom. The number of anilines is 1. The SMILES string of the molecule is COc1ccc(CCNC(=O)c2ccccc2NC(=O)C2CCN(Cc3nc(-c4cccc(Br)c4)no3)CC2)cc1OC. The van der Waals surface area contributed by atoms with Crippen molar-refractivity contribution in [3.8, 4) is 22.9 Å². The molecule has 1 aromatic heterocycles. The highest BCUT2D eigenvalue weighted by molar-refractivity contribution is 9.10. The minimum absolute atomic E-state index is 0.0834. The zero-order valence-electron chi connectivity index (χ0n) is 24.1. The molecule has 0 unspecified atom stereocenters. The third-order valence-electron chi connectivity index (χ3n) is 7.44. The van der Waals surface area contributed by atoms with E-state index in [4.69, 9.17) is 14.0 Å². The Morgan fingerprint density at radius 3 is 2.56 bits per heavy atom. The van der Waals surface area contributed by atoms with E-state index in [0.717, 1.165) is 28.7 Å². The van der Waals surface area contributed by atoms with Crippen LogP contribution in [0, 0.1) is 5.92 Å². The molecule has 11 heteroatoms. The smallest absolute Gasteiger partial charge is 0.253 e. The normalized spacial score (nSPS) is 13.8. The quantitative estimate of drug-likeness (QED) is 0.224. The number of amides is 2. The number of methoxy groups -OCH3 is 2. The van der Waals surface area contributed by atoms with Crippen molar-refractivity contribution in [1.29, 1.82) is 0 Å². The van der Waals surface area contributed by atoms with Gasteiger partial charge in [0.15, 0.2) is 11.5 Å². The summed E-state index contributed by atoms with van der Waals surface area (Å²) in [6.07, 6.45) is 2.00. The number of carbonyl (C=O) groups excluding carboxylic acids is 2. The van der Waals surface area contributed by atoms with Gasteiger partial charge in [0, 0.05) is 22.5 Å². The summed E-state index contributed by atoms with van der Waals surface area (Å²) in [6.45, 7) is 2.41. The molecule has 2 amide bonds. The van der Waals surface area contributed by atoms with Crippen LogP contribution in [0.3, 0.4) is 0 Å². The Kier molecular flexibility index (Phi) is 10.1. The van der Waals surface area contributed by atoms with Gasteiger partial charge in [0.25, 0.3) is 5.91 Å². The zero-order chi connectivity index (χ0) is 30.2. The van der Waals surface area contributed by atoms with E-state index in [2.05, 4.69) is 41.6 Å². The molecular weight excluding hydrogens is 614 g/mol. The van der Waals surface area contributed by atoms with Gasteiger partial charge in [-0.1, -0.05) is 51.4 Å². The number of para-hydroxylation sites is 1. The highest BCUT2D eigenvalue weighted by Gasteiger charge is 2.27. The highest BCUT2D eigenvalue weighted by atomic mass is 79.9. The van der Waals surface area contributed by atoms with Gasteiger partial charge in [-0.3, -0.25) is 14.5 Å². The predicted molar refractivity (Wildman–Crippen MR) is 166 cm³/mol. The number of piperidine rings is 1. The van der Waals surface area contributed by atoms with Crippen LogP contribution >= 0.6 is 15.9 Å². The maximum atomic E-state index is 13.2. The van der Waals surface area contributed by atoms with Crippen LogP contribution in [-0.4, -0.2) is 60.7 Å². The molecular formula is C32H34BrN5O5. The van der Waals surface area contributed by atoms with Crippen molar-refractivity contribution in [2.45, 2.75) is 25.8 Å². The molecule has 2 heterocycles. The van der Waals surface area contributed by atoms with Gasteiger partial charge in [-0.2, -0.15) is 4.98 Å². The first kappa shape index (κ1) is 30.2. The molecule has 5 rings (SSSR count). The molecule has 0 radical (unpaired) electrons. The fourth-order valence-corrected chi connectivity index (χ4v) is 5.48. The summed E-state index contributed by atoms with van der Waals surface area (Å²) < 4.78 is 17.1. The fraction of sp³-hybridized carbons (Fsp3) is 0.312. The van der Waals surface area contributed by atoms with Gasteiger partial charge in [0.1, 0.15) is 0 Å². The van der Waals surface area contributed by atoms with Gasteiger partial charge in [-0.25, -0.2) is 0 Å². The van der Waals surface area contributed by atoms with Crippen molar-refractivity contribution in [2.75, 3.05) is 39.2 Å². The average molecular weight is 649 g/mol. The van der Waals surface area contributed by atoms with E-state index in [1.54, 1.807) is 32.4 Å². The molecule has 224 valence electrons. The van der Waals surface area contributed by atoms with Crippen molar-refractivity contribution in [3.05, 3.63) is 88.2 Å². The third kappa shape index (κ3) is 7.79. The monoisotopic (exact) mass is 647 g/mol. The molecule has 43 heavy (non-hydrogen) atoms. The lowest BCUT2D eigenvalue weighted by Gasteiger charge is -2.30. The minimum Gasteiger partial charge on any atom is -0.493 e. The number of nitrogens with zero attached hydrogens (tertiary/aromatic N) is 3. The predicted octanol–water partition coefficient (Wildman–Crippen LogP) is 5.34. The van der Waals surface area contributed by atoms with Crippen molar-refractivity contribution in [3.63, 3.8) is 0 Å². The summed E-state index contributed by atoms with van der Waals surface area (Å²) in [5.41, 5.74) is 2.82. The Labute approximate surface area is 258 Å². The first-order chi connectivity index (χ1) is 20.9. The summed E-state index contributed by atoms with van der Waals surface area (Å²) >= 11 is 3.47. The number of nitrogens with one attached hydrogen (secondary N) is 2. The molecule has 1 aliphatic heterocycles. The van der Waals surface area contributed by atoms with Gasteiger partial charge in [-0.05, 0) is 74.3 Å². The van der Waals surface area contributed by atoms with Gasteiger partial charge < -0.3 is 24.6 Å². The largest absolute Gasteiger partial charge is 0.493 e. The van der Waals surface area contributed by atoms with E-state index in [1.165, 1.54) is 0 Å². The topological polar surface area (TPSA) is 119 Å².